The molecule has 0 spiro atoms. The van der Waals surface area contributed by atoms with Crippen LogP contribution in [0.3, 0.4) is 0 Å². The molecular weight excluding hydrogens is 462 g/mol. The second-order valence-electron chi connectivity index (χ2n) is 8.48. The van der Waals surface area contributed by atoms with Gasteiger partial charge in [0.15, 0.2) is 23.9 Å². The van der Waals surface area contributed by atoms with Gasteiger partial charge >= 0.3 is 5.97 Å². The minimum Gasteiger partial charge on any atom is -0.454 e. The topological polar surface area (TPSA) is 113 Å². The molecule has 0 bridgehead atoms. The van der Waals surface area contributed by atoms with Crippen LogP contribution in [0.25, 0.3) is 22.6 Å². The predicted octanol–water partition coefficient (Wildman–Crippen LogP) is 4.62. The lowest BCUT2D eigenvalue weighted by Gasteiger charge is -2.22. The molecule has 1 amide bonds. The number of anilines is 1. The van der Waals surface area contributed by atoms with Gasteiger partial charge in [-0.05, 0) is 60.2 Å². The van der Waals surface area contributed by atoms with E-state index in [1.807, 2.05) is 42.5 Å². The number of pyridine rings is 1. The van der Waals surface area contributed by atoms with Gasteiger partial charge in [-0.3, -0.25) is 4.79 Å². The number of ether oxygens (including phenoxy) is 3. The number of para-hydroxylation sites is 1. The summed E-state index contributed by atoms with van der Waals surface area (Å²) >= 11 is 0. The number of hydrogen-bond acceptors (Lipinski definition) is 8. The van der Waals surface area contributed by atoms with Gasteiger partial charge in [-0.1, -0.05) is 29.4 Å². The summed E-state index contributed by atoms with van der Waals surface area (Å²) in [5.41, 5.74) is 4.73. The number of nitrogens with one attached hydrogen (secondary N) is 1. The second kappa shape index (κ2) is 9.18. The molecule has 0 unspecified atom stereocenters. The van der Waals surface area contributed by atoms with Gasteiger partial charge < -0.3 is 24.1 Å². The van der Waals surface area contributed by atoms with Crippen LogP contribution in [-0.4, -0.2) is 35.4 Å². The van der Waals surface area contributed by atoms with Crippen LogP contribution in [0.1, 0.15) is 40.0 Å². The maximum atomic E-state index is 13.3. The van der Waals surface area contributed by atoms with Gasteiger partial charge in [0.1, 0.15) is 6.26 Å². The summed E-state index contributed by atoms with van der Waals surface area (Å²) in [5.74, 6) is 0.612. The van der Waals surface area contributed by atoms with Gasteiger partial charge in [-0.2, -0.15) is 0 Å². The van der Waals surface area contributed by atoms with Crippen LogP contribution in [0.2, 0.25) is 0 Å². The average Bonchev–Trinajstić information content (AvgIpc) is 3.58. The van der Waals surface area contributed by atoms with Crippen LogP contribution >= 0.6 is 0 Å². The summed E-state index contributed by atoms with van der Waals surface area (Å²) in [4.78, 5) is 30.5. The van der Waals surface area contributed by atoms with Gasteiger partial charge in [-0.25, -0.2) is 9.78 Å². The van der Waals surface area contributed by atoms with E-state index in [-0.39, 0.29) is 12.6 Å². The monoisotopic (exact) mass is 483 g/mol. The highest BCUT2D eigenvalue weighted by molar-refractivity contribution is 6.07. The van der Waals surface area contributed by atoms with Crippen molar-refractivity contribution in [2.75, 3.05) is 18.7 Å². The van der Waals surface area contributed by atoms with E-state index in [0.29, 0.717) is 28.6 Å². The number of allylic oxidation sites excluding steroid dienone is 1. The molecule has 0 saturated heterocycles. The molecule has 9 heteroatoms. The molecule has 2 aromatic heterocycles. The van der Waals surface area contributed by atoms with Crippen LogP contribution in [0, 0.1) is 0 Å². The fourth-order valence-corrected chi connectivity index (χ4v) is 4.57. The number of amides is 1. The van der Waals surface area contributed by atoms with Crippen LogP contribution in [0.5, 0.6) is 11.5 Å². The fourth-order valence-electron chi connectivity index (χ4n) is 4.57. The first-order chi connectivity index (χ1) is 17.7. The van der Waals surface area contributed by atoms with Crippen molar-refractivity contribution in [1.82, 2.24) is 10.1 Å². The third-order valence-electron chi connectivity index (χ3n) is 6.15. The first-order valence-electron chi connectivity index (χ1n) is 11.6. The number of benzene rings is 2. The first kappa shape index (κ1) is 21.8. The molecule has 36 heavy (non-hydrogen) atoms. The Morgan fingerprint density at radius 3 is 2.83 bits per heavy atom. The summed E-state index contributed by atoms with van der Waals surface area (Å²) in [6.45, 7) is -0.231. The summed E-state index contributed by atoms with van der Waals surface area (Å²) < 4.78 is 21.1. The maximum absolute atomic E-state index is 13.3. The quantitative estimate of drug-likeness (QED) is 0.409. The first-order valence-corrected chi connectivity index (χ1v) is 11.6. The van der Waals surface area contributed by atoms with Crippen LogP contribution < -0.4 is 14.8 Å². The largest absolute Gasteiger partial charge is 0.454 e. The van der Waals surface area contributed by atoms with E-state index in [1.165, 1.54) is 12.3 Å². The molecule has 9 nitrogen and oxygen atoms in total. The van der Waals surface area contributed by atoms with Crippen molar-refractivity contribution in [1.29, 1.82) is 0 Å². The molecule has 6 rings (SSSR count). The SMILES string of the molecule is O=C(COC(=O)c1c2c(nc3ccccc13)/C(=C/c1ccc3c(c1)OCO3)CCC2)Nc1ccon1. The third kappa shape index (κ3) is 4.15. The zero-order valence-electron chi connectivity index (χ0n) is 19.2. The van der Waals surface area contributed by atoms with Gasteiger partial charge in [-0.15, -0.1) is 0 Å². The Kier molecular flexibility index (Phi) is 5.57. The zero-order chi connectivity index (χ0) is 24.5. The van der Waals surface area contributed by atoms with E-state index in [9.17, 15) is 9.59 Å². The van der Waals surface area contributed by atoms with Gasteiger partial charge in [0.05, 0.1) is 16.8 Å². The molecular formula is C27H21N3O6. The van der Waals surface area contributed by atoms with E-state index in [4.69, 9.17) is 23.7 Å². The number of esters is 1. The van der Waals surface area contributed by atoms with Crippen molar-refractivity contribution in [2.45, 2.75) is 19.3 Å². The number of nitrogens with zero attached hydrogens (tertiary/aromatic N) is 2. The molecule has 0 saturated carbocycles. The van der Waals surface area contributed by atoms with Crippen LogP contribution in [0.4, 0.5) is 5.82 Å². The molecule has 1 aliphatic heterocycles. The van der Waals surface area contributed by atoms with Crippen molar-refractivity contribution in [2.24, 2.45) is 0 Å². The number of aromatic nitrogens is 2. The standard InChI is InChI=1S/C27H21N3O6/c31-24(29-23-10-11-36-30-23)14-33-27(32)25-18-5-1-2-7-20(18)28-26-17(4-3-6-19(25)26)12-16-8-9-21-22(13-16)35-15-34-21/h1-2,5,7-13H,3-4,6,14-15H2,(H,29,30,31)/b17-12+. The Labute approximate surface area is 205 Å². The van der Waals surface area contributed by atoms with E-state index < -0.39 is 18.5 Å². The van der Waals surface area contributed by atoms with Crippen molar-refractivity contribution in [3.05, 3.63) is 77.2 Å². The Balaban J connectivity index is 1.34. The van der Waals surface area contributed by atoms with Crippen molar-refractivity contribution in [3.63, 3.8) is 0 Å². The Bertz CT molecular complexity index is 1510. The van der Waals surface area contributed by atoms with Crippen molar-refractivity contribution >= 4 is 40.2 Å². The molecule has 0 radical (unpaired) electrons. The molecule has 2 aromatic carbocycles. The molecule has 3 heterocycles. The van der Waals surface area contributed by atoms with E-state index >= 15 is 0 Å². The van der Waals surface area contributed by atoms with Gasteiger partial charge in [0, 0.05) is 11.5 Å². The smallest absolute Gasteiger partial charge is 0.339 e. The van der Waals surface area contributed by atoms with E-state index in [2.05, 4.69) is 16.5 Å². The summed E-state index contributed by atoms with van der Waals surface area (Å²) in [5, 5.41) is 6.84. The van der Waals surface area contributed by atoms with Crippen LogP contribution in [0.15, 0.2) is 59.3 Å². The Morgan fingerprint density at radius 2 is 1.94 bits per heavy atom. The highest BCUT2D eigenvalue weighted by Gasteiger charge is 2.26. The Morgan fingerprint density at radius 1 is 1.06 bits per heavy atom. The lowest BCUT2D eigenvalue weighted by Crippen LogP contribution is -2.22. The van der Waals surface area contributed by atoms with Crippen molar-refractivity contribution in [3.8, 4) is 11.5 Å². The molecule has 2 aliphatic rings. The van der Waals surface area contributed by atoms with Crippen LogP contribution in [-0.2, 0) is 16.0 Å². The van der Waals surface area contributed by atoms with E-state index in [0.717, 1.165) is 41.0 Å². The highest BCUT2D eigenvalue weighted by atomic mass is 16.7. The second-order valence-corrected chi connectivity index (χ2v) is 8.48. The predicted molar refractivity (Wildman–Crippen MR) is 131 cm³/mol. The summed E-state index contributed by atoms with van der Waals surface area (Å²) in [6, 6.07) is 14.8. The van der Waals surface area contributed by atoms with Crippen molar-refractivity contribution < 1.29 is 28.3 Å². The molecule has 1 aliphatic carbocycles. The lowest BCUT2D eigenvalue weighted by molar-refractivity contribution is -0.119. The van der Waals surface area contributed by atoms with Gasteiger partial charge in [0.25, 0.3) is 5.91 Å². The highest BCUT2D eigenvalue weighted by Crippen LogP contribution is 2.38. The average molecular weight is 483 g/mol. The number of rotatable bonds is 5. The normalized spacial score (nSPS) is 15.1. The maximum Gasteiger partial charge on any atom is 0.339 e. The third-order valence-corrected chi connectivity index (χ3v) is 6.15. The van der Waals surface area contributed by atoms with Gasteiger partial charge in [0.2, 0.25) is 6.79 Å². The lowest BCUT2D eigenvalue weighted by atomic mass is 9.86. The Hall–Kier alpha value is -4.66. The molecule has 0 atom stereocenters. The zero-order valence-corrected chi connectivity index (χ0v) is 19.2. The minimum absolute atomic E-state index is 0.216. The molecule has 1 N–H and O–H groups in total. The number of fused-ring (bicyclic) bond motifs is 3. The number of hydrogen-bond donors (Lipinski definition) is 1. The number of carbonyl (C=O) groups is 2. The minimum atomic E-state index is -0.565. The number of carbonyl (C=O) groups excluding carboxylic acids is 2. The summed E-state index contributed by atoms with van der Waals surface area (Å²) in [7, 11) is 0. The molecule has 180 valence electrons. The fraction of sp³-hybridized carbons (Fsp3) is 0.185. The summed E-state index contributed by atoms with van der Waals surface area (Å²) in [6.07, 6.45) is 5.77. The van der Waals surface area contributed by atoms with E-state index in [1.54, 1.807) is 0 Å². The molecule has 0 fully saturated rings. The molecule has 4 aromatic rings.